The number of nitrogens with two attached hydrogens (primary N) is 1. The highest BCUT2D eigenvalue weighted by Crippen LogP contribution is 2.24. The maximum Gasteiger partial charge on any atom is 0.418 e. The maximum absolute atomic E-state index is 11.7. The molecule has 3 heterocycles. The lowest BCUT2D eigenvalue weighted by atomic mass is 10.0. The summed E-state index contributed by atoms with van der Waals surface area (Å²) in [7, 11) is -4.74. The molecule has 12 nitrogen and oxygen atoms in total. The quantitative estimate of drug-likeness (QED) is 0.334. The highest BCUT2D eigenvalue weighted by Gasteiger charge is 2.35. The van der Waals surface area contributed by atoms with Crippen LogP contribution in [-0.4, -0.2) is 65.4 Å². The number of aromatic nitrogens is 2. The minimum Gasteiger partial charge on any atom is -0.424 e. The van der Waals surface area contributed by atoms with Crippen molar-refractivity contribution in [1.29, 1.82) is 0 Å². The minimum atomic E-state index is -4.74. The van der Waals surface area contributed by atoms with Crippen molar-refractivity contribution < 1.29 is 26.5 Å². The molecule has 152 valence electrons. The molecule has 0 aliphatic carbocycles. The predicted molar refractivity (Wildman–Crippen MR) is 91.2 cm³/mol. The minimum absolute atomic E-state index is 0.159. The Bertz CT molecular complexity index is 751. The molecule has 0 spiro atoms. The number of hydrogen-bond donors (Lipinski definition) is 4. The highest BCUT2D eigenvalue weighted by atomic mass is 32.3. The third-order valence-corrected chi connectivity index (χ3v) is 4.93. The SMILES string of the molecule is N[C@@H](CC[C@@H]1CCC(=O)N1OS(=O)(=O)O)Cc1nnc(CNC2CNC2)o1. The van der Waals surface area contributed by atoms with Gasteiger partial charge in [-0.25, -0.2) is 0 Å². The van der Waals surface area contributed by atoms with Crippen LogP contribution < -0.4 is 16.4 Å². The highest BCUT2D eigenvalue weighted by molar-refractivity contribution is 7.80. The van der Waals surface area contributed by atoms with Gasteiger partial charge in [0, 0.05) is 38.0 Å². The van der Waals surface area contributed by atoms with Gasteiger partial charge in [-0.3, -0.25) is 9.35 Å². The second kappa shape index (κ2) is 8.58. The number of nitrogens with zero attached hydrogens (tertiary/aromatic N) is 3. The van der Waals surface area contributed by atoms with Crippen molar-refractivity contribution in [3.63, 3.8) is 0 Å². The first-order valence-corrected chi connectivity index (χ1v) is 10.2. The van der Waals surface area contributed by atoms with E-state index in [9.17, 15) is 13.2 Å². The van der Waals surface area contributed by atoms with Crippen LogP contribution in [0.4, 0.5) is 0 Å². The van der Waals surface area contributed by atoms with Crippen LogP contribution in [0.3, 0.4) is 0 Å². The van der Waals surface area contributed by atoms with Crippen LogP contribution in [0.2, 0.25) is 0 Å². The molecule has 0 saturated carbocycles. The van der Waals surface area contributed by atoms with Crippen molar-refractivity contribution in [3.05, 3.63) is 11.8 Å². The van der Waals surface area contributed by atoms with Crippen molar-refractivity contribution in [2.45, 2.75) is 56.8 Å². The molecule has 0 radical (unpaired) electrons. The van der Waals surface area contributed by atoms with E-state index in [-0.39, 0.29) is 12.5 Å². The zero-order chi connectivity index (χ0) is 19.4. The van der Waals surface area contributed by atoms with Gasteiger partial charge in [-0.2, -0.15) is 13.5 Å². The van der Waals surface area contributed by atoms with Crippen molar-refractivity contribution in [3.8, 4) is 0 Å². The number of hydroxylamine groups is 2. The Kier molecular flexibility index (Phi) is 6.39. The molecule has 3 rings (SSSR count). The molecule has 27 heavy (non-hydrogen) atoms. The van der Waals surface area contributed by atoms with Gasteiger partial charge in [-0.1, -0.05) is 0 Å². The molecule has 2 fully saturated rings. The molecule has 2 aliphatic rings. The monoisotopic (exact) mass is 404 g/mol. The van der Waals surface area contributed by atoms with Gasteiger partial charge >= 0.3 is 10.4 Å². The van der Waals surface area contributed by atoms with Gasteiger partial charge in [0.1, 0.15) is 0 Å². The summed E-state index contributed by atoms with van der Waals surface area (Å²) in [5, 5.41) is 15.1. The molecule has 2 aliphatic heterocycles. The van der Waals surface area contributed by atoms with E-state index in [0.717, 1.165) is 13.1 Å². The molecule has 2 atom stereocenters. The average Bonchev–Trinajstić information content (AvgIpc) is 3.11. The standard InChI is InChI=1S/C14H24N6O6S/c15-9(1-2-11-3-4-14(21)20(11)26-27(22,23)24)5-12-18-19-13(25-12)8-17-10-6-16-7-10/h9-11,16-17H,1-8,15H2,(H,22,23,24)/t9-,11+/m0/s1. The van der Waals surface area contributed by atoms with Gasteiger partial charge in [0.2, 0.25) is 17.7 Å². The summed E-state index contributed by atoms with van der Waals surface area (Å²) in [5.41, 5.74) is 6.09. The normalized spacial score (nSPS) is 22.2. The lowest BCUT2D eigenvalue weighted by molar-refractivity contribution is -0.157. The van der Waals surface area contributed by atoms with Crippen molar-refractivity contribution in [2.75, 3.05) is 13.1 Å². The Hall–Kier alpha value is -1.64. The zero-order valence-corrected chi connectivity index (χ0v) is 15.5. The Morgan fingerprint density at radius 3 is 2.81 bits per heavy atom. The second-order valence-electron chi connectivity index (χ2n) is 6.78. The third kappa shape index (κ3) is 5.92. The summed E-state index contributed by atoms with van der Waals surface area (Å²) >= 11 is 0. The molecule has 0 aromatic carbocycles. The van der Waals surface area contributed by atoms with E-state index in [1.807, 2.05) is 0 Å². The molecular formula is C14H24N6O6S. The first-order chi connectivity index (χ1) is 12.8. The van der Waals surface area contributed by atoms with Gasteiger partial charge in [0.15, 0.2) is 0 Å². The van der Waals surface area contributed by atoms with E-state index in [1.165, 1.54) is 0 Å². The summed E-state index contributed by atoms with van der Waals surface area (Å²) in [6.45, 7) is 2.35. The second-order valence-corrected chi connectivity index (χ2v) is 7.79. The van der Waals surface area contributed by atoms with Crippen LogP contribution in [0, 0.1) is 0 Å². The average molecular weight is 404 g/mol. The fraction of sp³-hybridized carbons (Fsp3) is 0.786. The Morgan fingerprint density at radius 1 is 1.41 bits per heavy atom. The fourth-order valence-electron chi connectivity index (χ4n) is 3.03. The van der Waals surface area contributed by atoms with Crippen LogP contribution in [0.1, 0.15) is 37.5 Å². The van der Waals surface area contributed by atoms with E-state index in [1.54, 1.807) is 0 Å². The number of hydrogen-bond acceptors (Lipinski definition) is 10. The van der Waals surface area contributed by atoms with Gasteiger partial charge in [-0.15, -0.1) is 14.5 Å². The molecule has 0 bridgehead atoms. The molecular weight excluding hydrogens is 380 g/mol. The number of rotatable bonds is 10. The molecule has 1 aromatic rings. The van der Waals surface area contributed by atoms with E-state index < -0.39 is 22.3 Å². The molecule has 13 heteroatoms. The van der Waals surface area contributed by atoms with Gasteiger partial charge < -0.3 is 20.8 Å². The fourth-order valence-corrected chi connectivity index (χ4v) is 3.43. The zero-order valence-electron chi connectivity index (χ0n) is 14.7. The number of carbonyl (C=O) groups excluding carboxylic acids is 1. The Labute approximate surface area is 156 Å². The Morgan fingerprint density at radius 2 is 2.15 bits per heavy atom. The summed E-state index contributed by atoms with van der Waals surface area (Å²) in [6.07, 6.45) is 1.89. The summed E-state index contributed by atoms with van der Waals surface area (Å²) in [5.74, 6) is 0.444. The third-order valence-electron chi connectivity index (χ3n) is 4.58. The number of amides is 1. The predicted octanol–water partition coefficient (Wildman–Crippen LogP) is -1.49. The smallest absolute Gasteiger partial charge is 0.418 e. The lowest BCUT2D eigenvalue weighted by Crippen LogP contribution is -2.55. The van der Waals surface area contributed by atoms with E-state index in [4.69, 9.17) is 14.7 Å². The molecule has 0 unspecified atom stereocenters. The van der Waals surface area contributed by atoms with Crippen molar-refractivity contribution in [1.82, 2.24) is 25.9 Å². The first kappa shape index (κ1) is 20.1. The van der Waals surface area contributed by atoms with E-state index in [2.05, 4.69) is 25.1 Å². The topological polar surface area (TPSA) is 173 Å². The van der Waals surface area contributed by atoms with Crippen LogP contribution in [-0.2, 0) is 32.4 Å². The van der Waals surface area contributed by atoms with Crippen molar-refractivity contribution in [2.24, 2.45) is 5.73 Å². The molecule has 2 saturated heterocycles. The molecule has 1 aromatic heterocycles. The molecule has 5 N–H and O–H groups in total. The van der Waals surface area contributed by atoms with Gasteiger partial charge in [-0.05, 0) is 19.3 Å². The maximum atomic E-state index is 11.7. The summed E-state index contributed by atoms with van der Waals surface area (Å²) in [4.78, 5) is 11.7. The van der Waals surface area contributed by atoms with Crippen LogP contribution in [0.5, 0.6) is 0 Å². The summed E-state index contributed by atoms with van der Waals surface area (Å²) in [6, 6.07) is -0.334. The van der Waals surface area contributed by atoms with Crippen LogP contribution in [0.15, 0.2) is 4.42 Å². The summed E-state index contributed by atoms with van der Waals surface area (Å²) < 4.78 is 40.4. The lowest BCUT2D eigenvalue weighted by Gasteiger charge is -2.27. The molecule has 1 amide bonds. The van der Waals surface area contributed by atoms with Crippen molar-refractivity contribution >= 4 is 16.3 Å². The van der Waals surface area contributed by atoms with Gasteiger partial charge in [0.25, 0.3) is 0 Å². The van der Waals surface area contributed by atoms with Crippen LogP contribution in [0.25, 0.3) is 0 Å². The van der Waals surface area contributed by atoms with Crippen LogP contribution >= 0.6 is 0 Å². The Balaban J connectivity index is 1.43. The van der Waals surface area contributed by atoms with Gasteiger partial charge in [0.05, 0.1) is 12.6 Å². The number of nitrogens with one attached hydrogen (secondary N) is 2. The largest absolute Gasteiger partial charge is 0.424 e. The number of carbonyl (C=O) groups is 1. The van der Waals surface area contributed by atoms with E-state index >= 15 is 0 Å². The van der Waals surface area contributed by atoms with E-state index in [0.29, 0.717) is 55.1 Å². The first-order valence-electron chi connectivity index (χ1n) is 8.80.